The van der Waals surface area contributed by atoms with Gasteiger partial charge in [-0.2, -0.15) is 5.10 Å². The quantitative estimate of drug-likeness (QED) is 0.572. The molecule has 0 aliphatic carbocycles. The summed E-state index contributed by atoms with van der Waals surface area (Å²) in [5.74, 6) is -0.445. The molecule has 1 amide bonds. The van der Waals surface area contributed by atoms with Crippen LogP contribution in [0.15, 0.2) is 55.1 Å². The van der Waals surface area contributed by atoms with E-state index in [4.69, 9.17) is 0 Å². The highest BCUT2D eigenvalue weighted by Gasteiger charge is 2.11. The first-order chi connectivity index (χ1) is 13.1. The van der Waals surface area contributed by atoms with E-state index >= 15 is 0 Å². The molecule has 0 aliphatic heterocycles. The van der Waals surface area contributed by atoms with E-state index in [1.165, 1.54) is 12.1 Å². The summed E-state index contributed by atoms with van der Waals surface area (Å²) >= 11 is 0. The standard InChI is InChI=1S/C20H18FN5O/c1-26-12-16(11-25-26)14-6-18-15(10-24-20(18)23-9-14)7-19(27)22-8-13-3-2-4-17(21)5-13/h2-6,9-12H,7-8H2,1H3,(H,22,27)(H,23,24). The van der Waals surface area contributed by atoms with Gasteiger partial charge in [0.25, 0.3) is 0 Å². The van der Waals surface area contributed by atoms with E-state index in [1.807, 2.05) is 19.3 Å². The second-order valence-electron chi connectivity index (χ2n) is 6.42. The Labute approximate surface area is 155 Å². The molecule has 7 heteroatoms. The normalized spacial score (nSPS) is 11.0. The van der Waals surface area contributed by atoms with E-state index in [1.54, 1.807) is 35.4 Å². The van der Waals surface area contributed by atoms with Crippen molar-refractivity contribution in [2.75, 3.05) is 0 Å². The van der Waals surface area contributed by atoms with E-state index in [0.29, 0.717) is 0 Å². The van der Waals surface area contributed by atoms with Crippen molar-refractivity contribution >= 4 is 16.9 Å². The number of rotatable bonds is 5. The zero-order valence-corrected chi connectivity index (χ0v) is 14.7. The number of hydrogen-bond acceptors (Lipinski definition) is 3. The average molecular weight is 363 g/mol. The van der Waals surface area contributed by atoms with Crippen molar-refractivity contribution in [2.45, 2.75) is 13.0 Å². The van der Waals surface area contributed by atoms with Crippen molar-refractivity contribution in [1.82, 2.24) is 25.1 Å². The van der Waals surface area contributed by atoms with Gasteiger partial charge in [0.2, 0.25) is 5.91 Å². The topological polar surface area (TPSA) is 75.6 Å². The lowest BCUT2D eigenvalue weighted by Gasteiger charge is -2.05. The number of halogens is 1. The first-order valence-corrected chi connectivity index (χ1v) is 8.54. The minimum absolute atomic E-state index is 0.132. The van der Waals surface area contributed by atoms with Crippen LogP contribution in [-0.4, -0.2) is 25.7 Å². The Morgan fingerprint density at radius 1 is 1.26 bits per heavy atom. The van der Waals surface area contributed by atoms with Crippen LogP contribution >= 0.6 is 0 Å². The van der Waals surface area contributed by atoms with Gasteiger partial charge < -0.3 is 10.3 Å². The predicted octanol–water partition coefficient (Wildman–Crippen LogP) is 2.96. The van der Waals surface area contributed by atoms with Crippen molar-refractivity contribution in [3.8, 4) is 11.1 Å². The first-order valence-electron chi connectivity index (χ1n) is 8.54. The second kappa shape index (κ2) is 7.03. The third-order valence-corrected chi connectivity index (χ3v) is 4.38. The van der Waals surface area contributed by atoms with Gasteiger partial charge >= 0.3 is 0 Å². The molecule has 0 aliphatic rings. The predicted molar refractivity (Wildman–Crippen MR) is 100 cm³/mol. The minimum Gasteiger partial charge on any atom is -0.352 e. The molecule has 6 nitrogen and oxygen atoms in total. The highest BCUT2D eigenvalue weighted by Crippen LogP contribution is 2.24. The summed E-state index contributed by atoms with van der Waals surface area (Å²) in [7, 11) is 1.86. The van der Waals surface area contributed by atoms with Gasteiger partial charge in [0, 0.05) is 48.7 Å². The molecule has 0 fully saturated rings. The zero-order valence-electron chi connectivity index (χ0n) is 14.7. The van der Waals surface area contributed by atoms with Gasteiger partial charge in [0.15, 0.2) is 0 Å². The molecule has 27 heavy (non-hydrogen) atoms. The molecule has 3 heterocycles. The molecular formula is C20H18FN5O. The Kier molecular flexibility index (Phi) is 4.42. The SMILES string of the molecule is Cn1cc(-c2cnc3[nH]cc(CC(=O)NCc4cccc(F)c4)c3c2)cn1. The van der Waals surface area contributed by atoms with Crippen LogP contribution in [0.3, 0.4) is 0 Å². The highest BCUT2D eigenvalue weighted by molar-refractivity contribution is 5.89. The number of aromatic nitrogens is 4. The molecule has 2 N–H and O–H groups in total. The van der Waals surface area contributed by atoms with Crippen LogP contribution in [0.2, 0.25) is 0 Å². The second-order valence-corrected chi connectivity index (χ2v) is 6.42. The number of aryl methyl sites for hydroxylation is 1. The Balaban J connectivity index is 1.50. The summed E-state index contributed by atoms with van der Waals surface area (Å²) in [5, 5.41) is 7.91. The van der Waals surface area contributed by atoms with Crippen LogP contribution in [-0.2, 0) is 24.8 Å². The molecule has 3 aromatic heterocycles. The number of fused-ring (bicyclic) bond motifs is 1. The Morgan fingerprint density at radius 2 is 2.15 bits per heavy atom. The van der Waals surface area contributed by atoms with E-state index in [0.717, 1.165) is 33.3 Å². The van der Waals surface area contributed by atoms with E-state index < -0.39 is 0 Å². The fraction of sp³-hybridized carbons (Fsp3) is 0.150. The molecule has 0 spiro atoms. The third kappa shape index (κ3) is 3.72. The molecule has 0 saturated heterocycles. The molecule has 136 valence electrons. The molecule has 0 radical (unpaired) electrons. The van der Waals surface area contributed by atoms with E-state index in [9.17, 15) is 9.18 Å². The average Bonchev–Trinajstić information content (AvgIpc) is 3.26. The van der Waals surface area contributed by atoms with Gasteiger partial charge in [0.1, 0.15) is 11.5 Å². The zero-order chi connectivity index (χ0) is 18.8. The van der Waals surface area contributed by atoms with Gasteiger partial charge in [-0.1, -0.05) is 12.1 Å². The molecule has 1 aromatic carbocycles. The number of hydrogen-bond donors (Lipinski definition) is 2. The lowest BCUT2D eigenvalue weighted by Crippen LogP contribution is -2.24. The van der Waals surface area contributed by atoms with Crippen LogP contribution in [0.1, 0.15) is 11.1 Å². The number of pyridine rings is 1. The molecular weight excluding hydrogens is 345 g/mol. The van der Waals surface area contributed by atoms with Crippen molar-refractivity contribution in [2.24, 2.45) is 7.05 Å². The maximum absolute atomic E-state index is 13.2. The molecule has 4 aromatic rings. The summed E-state index contributed by atoms with van der Waals surface area (Å²) in [6.07, 6.45) is 7.49. The van der Waals surface area contributed by atoms with Crippen molar-refractivity contribution in [3.63, 3.8) is 0 Å². The maximum Gasteiger partial charge on any atom is 0.224 e. The number of amides is 1. The van der Waals surface area contributed by atoms with Crippen molar-refractivity contribution in [3.05, 3.63) is 72.1 Å². The van der Waals surface area contributed by atoms with Gasteiger partial charge in [-0.05, 0) is 29.3 Å². The number of nitrogens with one attached hydrogen (secondary N) is 2. The largest absolute Gasteiger partial charge is 0.352 e. The number of carbonyl (C=O) groups excluding carboxylic acids is 1. The third-order valence-electron chi connectivity index (χ3n) is 4.38. The fourth-order valence-corrected chi connectivity index (χ4v) is 3.02. The number of nitrogens with zero attached hydrogens (tertiary/aromatic N) is 3. The summed E-state index contributed by atoms with van der Waals surface area (Å²) in [5.41, 5.74) is 4.23. The minimum atomic E-state index is -0.313. The summed E-state index contributed by atoms with van der Waals surface area (Å²) in [4.78, 5) is 19.8. The molecule has 0 saturated carbocycles. The van der Waals surface area contributed by atoms with Gasteiger partial charge in [-0.15, -0.1) is 0 Å². The van der Waals surface area contributed by atoms with Gasteiger partial charge in [-0.25, -0.2) is 9.37 Å². The summed E-state index contributed by atoms with van der Waals surface area (Å²) in [6.45, 7) is 0.290. The Morgan fingerprint density at radius 3 is 2.93 bits per heavy atom. The Bertz CT molecular complexity index is 1110. The molecule has 4 rings (SSSR count). The van der Waals surface area contributed by atoms with E-state index in [-0.39, 0.29) is 24.7 Å². The smallest absolute Gasteiger partial charge is 0.224 e. The van der Waals surface area contributed by atoms with Crippen molar-refractivity contribution in [1.29, 1.82) is 0 Å². The molecule has 0 unspecified atom stereocenters. The van der Waals surface area contributed by atoms with Crippen LogP contribution in [0.5, 0.6) is 0 Å². The molecule has 0 atom stereocenters. The van der Waals surface area contributed by atoms with Crippen molar-refractivity contribution < 1.29 is 9.18 Å². The fourth-order valence-electron chi connectivity index (χ4n) is 3.02. The number of carbonyl (C=O) groups is 1. The van der Waals surface area contributed by atoms with Crippen LogP contribution in [0.25, 0.3) is 22.2 Å². The van der Waals surface area contributed by atoms with Crippen LogP contribution in [0.4, 0.5) is 4.39 Å². The van der Waals surface area contributed by atoms with Crippen LogP contribution < -0.4 is 5.32 Å². The Hall–Kier alpha value is -3.48. The number of H-pyrrole nitrogens is 1. The monoisotopic (exact) mass is 363 g/mol. The first kappa shape index (κ1) is 17.0. The lowest BCUT2D eigenvalue weighted by molar-refractivity contribution is -0.120. The summed E-state index contributed by atoms with van der Waals surface area (Å²) < 4.78 is 15.0. The molecule has 0 bridgehead atoms. The highest BCUT2D eigenvalue weighted by atomic mass is 19.1. The van der Waals surface area contributed by atoms with Crippen LogP contribution in [0, 0.1) is 5.82 Å². The van der Waals surface area contributed by atoms with E-state index in [2.05, 4.69) is 20.4 Å². The van der Waals surface area contributed by atoms with Gasteiger partial charge in [-0.3, -0.25) is 9.48 Å². The number of benzene rings is 1. The summed E-state index contributed by atoms with van der Waals surface area (Å²) in [6, 6.07) is 8.20. The maximum atomic E-state index is 13.2. The van der Waals surface area contributed by atoms with Gasteiger partial charge in [0.05, 0.1) is 12.6 Å². The lowest BCUT2D eigenvalue weighted by atomic mass is 10.1. The number of aromatic amines is 1.